The van der Waals surface area contributed by atoms with E-state index in [0.29, 0.717) is 5.56 Å². The predicted octanol–water partition coefficient (Wildman–Crippen LogP) is 5.60. The van der Waals surface area contributed by atoms with E-state index >= 15 is 0 Å². The van der Waals surface area contributed by atoms with Crippen molar-refractivity contribution < 1.29 is 22.4 Å². The van der Waals surface area contributed by atoms with Crippen LogP contribution >= 0.6 is 23.2 Å². The zero-order chi connectivity index (χ0) is 29.6. The number of benzene rings is 3. The minimum Gasteiger partial charge on any atom is -0.352 e. The Bertz CT molecular complexity index is 1470. The maximum Gasteiger partial charge on any atom is 0.244 e. The molecule has 0 heterocycles. The van der Waals surface area contributed by atoms with Gasteiger partial charge in [0.15, 0.2) is 0 Å². The number of anilines is 1. The number of carbonyl (C=O) groups excluding carboxylic acids is 2. The van der Waals surface area contributed by atoms with Crippen molar-refractivity contribution in [2.45, 2.75) is 50.7 Å². The summed E-state index contributed by atoms with van der Waals surface area (Å²) in [6.07, 6.45) is 4.89. The summed E-state index contributed by atoms with van der Waals surface area (Å²) in [5.74, 6) is -1.40. The van der Waals surface area contributed by atoms with Crippen LogP contribution in [0, 0.1) is 5.82 Å². The quantitative estimate of drug-likeness (QED) is 0.303. The summed E-state index contributed by atoms with van der Waals surface area (Å²) in [6.45, 7) is -0.669. The molecule has 218 valence electrons. The molecule has 1 N–H and O–H groups in total. The fraction of sp³-hybridized carbons (Fsp3) is 0.333. The SMILES string of the molecule is CS(=O)(=O)N(CC(=O)N(Cc1ccc(F)cc1)[C@@H](Cc1ccccc1)C(=O)NC1CCCC1)c1cccc(Cl)c1Cl. The van der Waals surface area contributed by atoms with Crippen LogP contribution in [-0.4, -0.2) is 50.0 Å². The third-order valence-corrected chi connectivity index (χ3v) is 9.05. The molecule has 41 heavy (non-hydrogen) atoms. The Morgan fingerprint density at radius 1 is 0.951 bits per heavy atom. The van der Waals surface area contributed by atoms with Crippen molar-refractivity contribution in [2.75, 3.05) is 17.1 Å². The van der Waals surface area contributed by atoms with Crippen LogP contribution in [-0.2, 0) is 32.6 Å². The summed E-state index contributed by atoms with van der Waals surface area (Å²) in [5.41, 5.74) is 1.46. The monoisotopic (exact) mass is 619 g/mol. The number of rotatable bonds is 11. The third kappa shape index (κ3) is 8.21. The van der Waals surface area contributed by atoms with Gasteiger partial charge in [-0.25, -0.2) is 12.8 Å². The molecule has 0 unspecified atom stereocenters. The molecule has 1 saturated carbocycles. The molecule has 0 radical (unpaired) electrons. The molecule has 4 rings (SSSR count). The molecular weight excluding hydrogens is 588 g/mol. The Morgan fingerprint density at radius 3 is 2.24 bits per heavy atom. The molecule has 0 saturated heterocycles. The zero-order valence-electron chi connectivity index (χ0n) is 22.6. The molecule has 1 atom stereocenters. The molecule has 1 aliphatic rings. The maximum absolute atomic E-state index is 14.1. The Labute approximate surface area is 250 Å². The second kappa shape index (κ2) is 13.7. The van der Waals surface area contributed by atoms with Gasteiger partial charge in [-0.3, -0.25) is 13.9 Å². The number of hydrogen-bond acceptors (Lipinski definition) is 4. The molecule has 0 aromatic heterocycles. The van der Waals surface area contributed by atoms with E-state index < -0.39 is 34.3 Å². The summed E-state index contributed by atoms with van der Waals surface area (Å²) in [7, 11) is -4.00. The molecule has 3 aromatic rings. The van der Waals surface area contributed by atoms with E-state index in [4.69, 9.17) is 23.2 Å². The van der Waals surface area contributed by atoms with Gasteiger partial charge in [0.2, 0.25) is 21.8 Å². The van der Waals surface area contributed by atoms with E-state index in [9.17, 15) is 22.4 Å². The van der Waals surface area contributed by atoms with Gasteiger partial charge in [0.05, 0.1) is 22.0 Å². The van der Waals surface area contributed by atoms with E-state index in [1.54, 1.807) is 0 Å². The third-order valence-electron chi connectivity index (χ3n) is 7.12. The summed E-state index contributed by atoms with van der Waals surface area (Å²) in [4.78, 5) is 29.3. The highest BCUT2D eigenvalue weighted by atomic mass is 35.5. The fourth-order valence-electron chi connectivity index (χ4n) is 4.99. The van der Waals surface area contributed by atoms with Crippen molar-refractivity contribution >= 4 is 50.7 Å². The van der Waals surface area contributed by atoms with Crippen LogP contribution < -0.4 is 9.62 Å². The summed E-state index contributed by atoms with van der Waals surface area (Å²) in [6, 6.07) is 18.4. The second-order valence-electron chi connectivity index (χ2n) is 10.2. The van der Waals surface area contributed by atoms with Gasteiger partial charge in [-0.2, -0.15) is 0 Å². The number of sulfonamides is 1. The highest BCUT2D eigenvalue weighted by molar-refractivity contribution is 7.92. The Hall–Kier alpha value is -3.14. The molecule has 3 aromatic carbocycles. The lowest BCUT2D eigenvalue weighted by Crippen LogP contribution is -2.54. The first-order valence-corrected chi connectivity index (χ1v) is 15.9. The topological polar surface area (TPSA) is 86.8 Å². The van der Waals surface area contributed by atoms with Gasteiger partial charge < -0.3 is 10.2 Å². The van der Waals surface area contributed by atoms with Gasteiger partial charge >= 0.3 is 0 Å². The van der Waals surface area contributed by atoms with E-state index in [1.165, 1.54) is 47.4 Å². The first-order chi connectivity index (χ1) is 19.5. The maximum atomic E-state index is 14.1. The van der Waals surface area contributed by atoms with Crippen LogP contribution in [0.2, 0.25) is 10.0 Å². The van der Waals surface area contributed by atoms with Crippen LogP contribution in [0.3, 0.4) is 0 Å². The van der Waals surface area contributed by atoms with E-state index in [0.717, 1.165) is 41.8 Å². The van der Waals surface area contributed by atoms with E-state index in [2.05, 4.69) is 5.32 Å². The van der Waals surface area contributed by atoms with Gasteiger partial charge in [-0.15, -0.1) is 0 Å². The van der Waals surface area contributed by atoms with Crippen LogP contribution in [0.15, 0.2) is 72.8 Å². The average molecular weight is 621 g/mol. The van der Waals surface area contributed by atoms with Gasteiger partial charge in [0, 0.05) is 19.0 Å². The lowest BCUT2D eigenvalue weighted by molar-refractivity contribution is -0.140. The van der Waals surface area contributed by atoms with Gasteiger partial charge in [-0.1, -0.05) is 84.6 Å². The van der Waals surface area contributed by atoms with Crippen molar-refractivity contribution in [2.24, 2.45) is 0 Å². The number of nitrogens with zero attached hydrogens (tertiary/aromatic N) is 2. The molecule has 2 amide bonds. The molecule has 7 nitrogen and oxygen atoms in total. The van der Waals surface area contributed by atoms with Crippen molar-refractivity contribution in [3.63, 3.8) is 0 Å². The molecular formula is C30H32Cl2FN3O4S. The van der Waals surface area contributed by atoms with Crippen molar-refractivity contribution in [1.82, 2.24) is 10.2 Å². The second-order valence-corrected chi connectivity index (χ2v) is 12.9. The highest BCUT2D eigenvalue weighted by Gasteiger charge is 2.34. The minimum atomic E-state index is -4.00. The first kappa shape index (κ1) is 30.8. The Morgan fingerprint density at radius 2 is 1.61 bits per heavy atom. The Kier molecular flexibility index (Phi) is 10.3. The molecule has 1 aliphatic carbocycles. The number of halogens is 3. The Balaban J connectivity index is 1.74. The van der Waals surface area contributed by atoms with Crippen LogP contribution in [0.25, 0.3) is 0 Å². The average Bonchev–Trinajstić information content (AvgIpc) is 3.45. The first-order valence-electron chi connectivity index (χ1n) is 13.3. The molecule has 11 heteroatoms. The van der Waals surface area contributed by atoms with Crippen LogP contribution in [0.1, 0.15) is 36.8 Å². The summed E-state index contributed by atoms with van der Waals surface area (Å²) in [5, 5.41) is 3.21. The normalized spacial score (nSPS) is 14.4. The van der Waals surface area contributed by atoms with Crippen LogP contribution in [0.4, 0.5) is 10.1 Å². The molecule has 0 bridgehead atoms. The van der Waals surface area contributed by atoms with E-state index in [1.807, 2.05) is 30.3 Å². The lowest BCUT2D eigenvalue weighted by atomic mass is 10.0. The molecule has 0 aliphatic heterocycles. The van der Waals surface area contributed by atoms with Crippen LogP contribution in [0.5, 0.6) is 0 Å². The van der Waals surface area contributed by atoms with Gasteiger partial charge in [0.1, 0.15) is 18.4 Å². The van der Waals surface area contributed by atoms with Gasteiger partial charge in [0.25, 0.3) is 0 Å². The van der Waals surface area contributed by atoms with E-state index in [-0.39, 0.29) is 40.6 Å². The molecule has 1 fully saturated rings. The van der Waals surface area contributed by atoms with Crippen molar-refractivity contribution in [3.05, 3.63) is 99.8 Å². The van der Waals surface area contributed by atoms with Crippen molar-refractivity contribution in [3.8, 4) is 0 Å². The predicted molar refractivity (Wildman–Crippen MR) is 160 cm³/mol. The number of amides is 2. The smallest absolute Gasteiger partial charge is 0.244 e. The lowest BCUT2D eigenvalue weighted by Gasteiger charge is -2.34. The van der Waals surface area contributed by atoms with Gasteiger partial charge in [-0.05, 0) is 48.2 Å². The highest BCUT2D eigenvalue weighted by Crippen LogP contribution is 2.34. The van der Waals surface area contributed by atoms with Crippen molar-refractivity contribution in [1.29, 1.82) is 0 Å². The largest absolute Gasteiger partial charge is 0.352 e. The minimum absolute atomic E-state index is 0.00123. The number of hydrogen-bond donors (Lipinski definition) is 1. The number of carbonyl (C=O) groups is 2. The molecule has 0 spiro atoms. The number of nitrogens with one attached hydrogen (secondary N) is 1. The summed E-state index contributed by atoms with van der Waals surface area (Å²) >= 11 is 12.5. The fourth-order valence-corrected chi connectivity index (χ4v) is 6.29. The standard InChI is InChI=1S/C30H32Cl2FN3O4S/c1-41(39,40)36(26-13-7-12-25(31)29(26)32)20-28(37)35(19-22-14-16-23(33)17-15-22)27(18-21-8-3-2-4-9-21)30(38)34-24-10-5-6-11-24/h2-4,7-9,12-17,24,27H,5-6,10-11,18-20H2,1H3,(H,34,38)/t27-/m0/s1. The summed E-state index contributed by atoms with van der Waals surface area (Å²) < 4.78 is 40.4. The zero-order valence-corrected chi connectivity index (χ0v) is 24.9.